The maximum absolute atomic E-state index is 12.1. The highest BCUT2D eigenvalue weighted by atomic mass is 35.5. The summed E-state index contributed by atoms with van der Waals surface area (Å²) in [5.74, 6) is -0.752. The molecule has 5 aromatic rings. The lowest BCUT2D eigenvalue weighted by Gasteiger charge is -2.03. The van der Waals surface area contributed by atoms with E-state index in [4.69, 9.17) is 21.1 Å². The number of aromatic hydroxyl groups is 1. The molecule has 0 amide bonds. The molecule has 0 aliphatic rings. The standard InChI is InChI=1S/C12H9N3O3.C6H6ClN.C5H4N2O4.ClH/c16-11-10-9(18-12(17)14-10)4-6-15(11)7-8-3-1-2-5-13-8;7-5-6-3-1-2-4-8-6;8-3-1-2-6-5(9)4(3)7(10)11;/h1-6H,7H2,(H,14,17);1-4H,5H2;1-2H,(H2,6,8,9);1H. The van der Waals surface area contributed by atoms with E-state index in [9.17, 15) is 24.5 Å². The highest BCUT2D eigenvalue weighted by molar-refractivity contribution is 6.16. The number of H-pyrrole nitrogens is 2. The van der Waals surface area contributed by atoms with Crippen LogP contribution in [-0.4, -0.2) is 34.5 Å². The van der Waals surface area contributed by atoms with Gasteiger partial charge in [-0.05, 0) is 30.3 Å². The van der Waals surface area contributed by atoms with Gasteiger partial charge in [0.25, 0.3) is 5.56 Å². The third-order valence-corrected chi connectivity index (χ3v) is 4.85. The zero-order chi connectivity index (χ0) is 26.8. The molecular weight excluding hydrogens is 543 g/mol. The highest BCUT2D eigenvalue weighted by Crippen LogP contribution is 2.17. The second-order valence-electron chi connectivity index (χ2n) is 7.08. The Morgan fingerprint density at radius 2 is 1.68 bits per heavy atom. The van der Waals surface area contributed by atoms with E-state index in [-0.39, 0.29) is 29.1 Å². The Morgan fingerprint density at radius 3 is 2.18 bits per heavy atom. The predicted molar refractivity (Wildman–Crippen MR) is 141 cm³/mol. The number of alkyl halides is 1. The number of aromatic nitrogens is 5. The molecule has 0 saturated carbocycles. The average Bonchev–Trinajstić information content (AvgIpc) is 3.28. The SMILES string of the molecule is Cl.ClCc1ccccn1.O=c1[nH]c2c(=O)n(Cc3ccccn3)ccc2o1.O=c1[nH]ccc(O)c1[N+](=O)[O-]. The largest absolute Gasteiger partial charge is 0.502 e. The smallest absolute Gasteiger partial charge is 0.417 e. The molecule has 0 bridgehead atoms. The van der Waals surface area contributed by atoms with Crippen LogP contribution in [0.5, 0.6) is 5.75 Å². The van der Waals surface area contributed by atoms with E-state index in [1.165, 1.54) is 4.57 Å². The number of nitro groups is 1. The molecule has 0 saturated heterocycles. The first-order valence-electron chi connectivity index (χ1n) is 10.4. The summed E-state index contributed by atoms with van der Waals surface area (Å²) in [6.45, 7) is 0.350. The summed E-state index contributed by atoms with van der Waals surface area (Å²) in [4.78, 5) is 55.4. The number of hydrogen-bond acceptors (Lipinski definition) is 9. The number of pyridine rings is 4. The zero-order valence-corrected chi connectivity index (χ0v) is 20.9. The van der Waals surface area contributed by atoms with Crippen molar-refractivity contribution in [2.75, 3.05) is 0 Å². The van der Waals surface area contributed by atoms with E-state index in [0.717, 1.165) is 23.7 Å². The van der Waals surface area contributed by atoms with Gasteiger partial charge in [0.1, 0.15) is 0 Å². The van der Waals surface area contributed by atoms with E-state index in [1.807, 2.05) is 36.4 Å². The van der Waals surface area contributed by atoms with Gasteiger partial charge in [0.2, 0.25) is 5.75 Å². The van der Waals surface area contributed by atoms with Crippen LogP contribution in [0.2, 0.25) is 0 Å². The van der Waals surface area contributed by atoms with Gasteiger partial charge in [-0.2, -0.15) is 0 Å². The molecule has 0 spiro atoms. The van der Waals surface area contributed by atoms with Crippen molar-refractivity contribution in [1.82, 2.24) is 24.5 Å². The molecule has 0 aliphatic heterocycles. The summed E-state index contributed by atoms with van der Waals surface area (Å²) < 4.78 is 6.28. The van der Waals surface area contributed by atoms with Crippen LogP contribution >= 0.6 is 24.0 Å². The van der Waals surface area contributed by atoms with Crippen LogP contribution in [0.15, 0.2) is 92.1 Å². The Morgan fingerprint density at radius 1 is 1.03 bits per heavy atom. The van der Waals surface area contributed by atoms with Crippen LogP contribution in [0, 0.1) is 10.1 Å². The topological polar surface area (TPSA) is 190 Å². The van der Waals surface area contributed by atoms with Gasteiger partial charge in [-0.15, -0.1) is 24.0 Å². The van der Waals surface area contributed by atoms with Gasteiger partial charge in [0, 0.05) is 30.9 Å². The molecule has 15 heteroatoms. The van der Waals surface area contributed by atoms with Crippen molar-refractivity contribution < 1.29 is 14.4 Å². The van der Waals surface area contributed by atoms with Gasteiger partial charge in [-0.3, -0.25) is 34.7 Å². The van der Waals surface area contributed by atoms with Crippen LogP contribution in [0.3, 0.4) is 0 Å². The average molecular weight is 563 g/mol. The number of rotatable bonds is 4. The summed E-state index contributed by atoms with van der Waals surface area (Å²) in [5, 5.41) is 18.9. The van der Waals surface area contributed by atoms with E-state index in [0.29, 0.717) is 12.4 Å². The number of hydrogen-bond donors (Lipinski definition) is 3. The number of oxazole rings is 1. The summed E-state index contributed by atoms with van der Waals surface area (Å²) in [6, 6.07) is 13.8. The number of fused-ring (bicyclic) bond motifs is 1. The van der Waals surface area contributed by atoms with E-state index in [1.54, 1.807) is 24.7 Å². The summed E-state index contributed by atoms with van der Waals surface area (Å²) in [7, 11) is 0. The van der Waals surface area contributed by atoms with Gasteiger partial charge in [0.05, 0.1) is 28.7 Å². The summed E-state index contributed by atoms with van der Waals surface area (Å²) >= 11 is 5.46. The minimum Gasteiger partial charge on any atom is -0.502 e. The molecule has 0 unspecified atom stereocenters. The Bertz CT molecular complexity index is 1650. The molecule has 5 rings (SSSR count). The van der Waals surface area contributed by atoms with Crippen LogP contribution in [-0.2, 0) is 12.4 Å². The molecule has 3 N–H and O–H groups in total. The molecule has 5 aromatic heterocycles. The lowest BCUT2D eigenvalue weighted by atomic mass is 10.3. The number of aromatic amines is 2. The van der Waals surface area contributed by atoms with Gasteiger partial charge in [-0.25, -0.2) is 4.79 Å². The minimum absolute atomic E-state index is 0. The quantitative estimate of drug-likeness (QED) is 0.168. The van der Waals surface area contributed by atoms with Crippen molar-refractivity contribution in [3.8, 4) is 5.75 Å². The molecule has 0 aromatic carbocycles. The number of nitrogens with zero attached hydrogens (tertiary/aromatic N) is 4. The van der Waals surface area contributed by atoms with Crippen molar-refractivity contribution in [1.29, 1.82) is 0 Å². The first-order valence-corrected chi connectivity index (χ1v) is 11.0. The summed E-state index contributed by atoms with van der Waals surface area (Å²) in [5.41, 5.74) is 0.103. The zero-order valence-electron chi connectivity index (χ0n) is 19.3. The van der Waals surface area contributed by atoms with Crippen LogP contribution in [0.25, 0.3) is 11.1 Å². The highest BCUT2D eigenvalue weighted by Gasteiger charge is 2.17. The Labute approximate surface area is 224 Å². The van der Waals surface area contributed by atoms with E-state index < -0.39 is 27.7 Å². The van der Waals surface area contributed by atoms with Gasteiger partial charge in [0.15, 0.2) is 11.1 Å². The van der Waals surface area contributed by atoms with Crippen molar-refractivity contribution in [3.63, 3.8) is 0 Å². The fourth-order valence-electron chi connectivity index (χ4n) is 2.89. The second kappa shape index (κ2) is 14.1. The second-order valence-corrected chi connectivity index (χ2v) is 7.34. The monoisotopic (exact) mass is 562 g/mol. The van der Waals surface area contributed by atoms with Crippen molar-refractivity contribution in [2.24, 2.45) is 0 Å². The minimum atomic E-state index is -0.936. The Hall–Kier alpha value is -4.75. The lowest BCUT2D eigenvalue weighted by molar-refractivity contribution is -0.387. The van der Waals surface area contributed by atoms with Gasteiger partial charge >= 0.3 is 17.0 Å². The van der Waals surface area contributed by atoms with E-state index >= 15 is 0 Å². The molecule has 38 heavy (non-hydrogen) atoms. The number of halogens is 2. The molecule has 0 atom stereocenters. The fraction of sp³-hybridized carbons (Fsp3) is 0.0870. The van der Waals surface area contributed by atoms with Crippen LogP contribution in [0.4, 0.5) is 5.69 Å². The number of nitrogens with one attached hydrogen (secondary N) is 2. The van der Waals surface area contributed by atoms with Crippen LogP contribution < -0.4 is 16.9 Å². The molecule has 0 radical (unpaired) electrons. The lowest BCUT2D eigenvalue weighted by Crippen LogP contribution is -2.20. The third-order valence-electron chi connectivity index (χ3n) is 4.57. The summed E-state index contributed by atoms with van der Waals surface area (Å²) in [6.07, 6.45) is 6.11. The van der Waals surface area contributed by atoms with Crippen molar-refractivity contribution >= 4 is 40.8 Å². The van der Waals surface area contributed by atoms with Gasteiger partial charge in [-0.1, -0.05) is 12.1 Å². The normalized spacial score (nSPS) is 9.82. The predicted octanol–water partition coefficient (Wildman–Crippen LogP) is 2.96. The first kappa shape index (κ1) is 29.5. The molecule has 5 heterocycles. The molecule has 0 aliphatic carbocycles. The maximum Gasteiger partial charge on any atom is 0.417 e. The third kappa shape index (κ3) is 7.88. The molecule has 198 valence electrons. The molecular formula is C23H20Cl2N6O7. The van der Waals surface area contributed by atoms with Crippen LogP contribution in [0.1, 0.15) is 11.4 Å². The Balaban J connectivity index is 0.000000218. The molecule has 13 nitrogen and oxygen atoms in total. The Kier molecular flexibility index (Phi) is 10.9. The first-order chi connectivity index (χ1) is 17.8. The maximum atomic E-state index is 12.1. The fourth-order valence-corrected chi connectivity index (χ4v) is 3.05. The van der Waals surface area contributed by atoms with E-state index in [2.05, 4.69) is 19.9 Å². The van der Waals surface area contributed by atoms with Crippen molar-refractivity contribution in [2.45, 2.75) is 12.4 Å². The van der Waals surface area contributed by atoms with Crippen molar-refractivity contribution in [3.05, 3.63) is 126 Å². The van der Waals surface area contributed by atoms with Gasteiger partial charge < -0.3 is 19.1 Å². The molecule has 0 fully saturated rings.